The van der Waals surface area contributed by atoms with Crippen LogP contribution in [0.5, 0.6) is 0 Å². The first-order valence-electron chi connectivity index (χ1n) is 14.8. The molecule has 5 nitrogen and oxygen atoms in total. The summed E-state index contributed by atoms with van der Waals surface area (Å²) in [6.07, 6.45) is 9.92. The van der Waals surface area contributed by atoms with Crippen molar-refractivity contribution in [2.24, 2.45) is 0 Å². The predicted octanol–water partition coefficient (Wildman–Crippen LogP) is 7.46. The molecule has 2 heterocycles. The minimum Gasteiger partial charge on any atom is -0.374 e. The lowest BCUT2D eigenvalue weighted by atomic mass is 10.1. The topological polar surface area (TPSA) is 46.2 Å². The molecule has 0 spiro atoms. The van der Waals surface area contributed by atoms with Crippen LogP contribution >= 0.6 is 0 Å². The molecule has 0 aromatic heterocycles. The van der Waals surface area contributed by atoms with E-state index in [0.717, 1.165) is 51.7 Å². The van der Waals surface area contributed by atoms with Gasteiger partial charge in [0.25, 0.3) is 0 Å². The highest BCUT2D eigenvalue weighted by Gasteiger charge is 2.36. The van der Waals surface area contributed by atoms with Crippen LogP contribution in [-0.4, -0.2) is 52.5 Å². The maximum absolute atomic E-state index is 6.57. The molecule has 0 radical (unpaired) electrons. The standard InChI is InChI=1S/C33H48O5Si/c1-39(2,3)30(17-12-22-36-33-18-10-11-21-35-33)20-19-29-23-31(37-25-28-15-8-5-9-16-28)32(38-29)26-34-24-27-13-6-4-7-14-27/h4-9,13-17,29,31-33H,10-12,18-26H2,1-3H3/b30-17+/t29?,31-,32?,33?/m1/s1. The molecule has 2 aliphatic rings. The Kier molecular flexibility index (Phi) is 12.3. The van der Waals surface area contributed by atoms with Crippen LogP contribution in [0.1, 0.15) is 56.1 Å². The van der Waals surface area contributed by atoms with Gasteiger partial charge < -0.3 is 23.7 Å². The second-order valence-corrected chi connectivity index (χ2v) is 17.0. The van der Waals surface area contributed by atoms with Gasteiger partial charge in [0, 0.05) is 13.0 Å². The third-order valence-electron chi connectivity index (χ3n) is 7.63. The molecule has 3 unspecified atom stereocenters. The van der Waals surface area contributed by atoms with Crippen LogP contribution in [0.3, 0.4) is 0 Å². The van der Waals surface area contributed by atoms with E-state index in [1.54, 1.807) is 5.20 Å². The molecule has 0 N–H and O–H groups in total. The fourth-order valence-corrected chi connectivity index (χ4v) is 6.98. The van der Waals surface area contributed by atoms with Gasteiger partial charge in [-0.2, -0.15) is 0 Å². The molecule has 4 atom stereocenters. The Morgan fingerprint density at radius 3 is 2.31 bits per heavy atom. The summed E-state index contributed by atoms with van der Waals surface area (Å²) in [5, 5.41) is 1.60. The monoisotopic (exact) mass is 552 g/mol. The van der Waals surface area contributed by atoms with Crippen molar-refractivity contribution in [3.63, 3.8) is 0 Å². The van der Waals surface area contributed by atoms with Crippen molar-refractivity contribution < 1.29 is 23.7 Å². The van der Waals surface area contributed by atoms with Gasteiger partial charge in [0.05, 0.1) is 46.7 Å². The van der Waals surface area contributed by atoms with Gasteiger partial charge in [0.15, 0.2) is 6.29 Å². The van der Waals surface area contributed by atoms with Crippen molar-refractivity contribution in [3.8, 4) is 0 Å². The quantitative estimate of drug-likeness (QED) is 0.169. The van der Waals surface area contributed by atoms with Crippen molar-refractivity contribution in [3.05, 3.63) is 83.1 Å². The van der Waals surface area contributed by atoms with Gasteiger partial charge in [0.1, 0.15) is 6.10 Å². The van der Waals surface area contributed by atoms with Gasteiger partial charge >= 0.3 is 0 Å². The van der Waals surface area contributed by atoms with E-state index in [9.17, 15) is 0 Å². The van der Waals surface area contributed by atoms with E-state index in [2.05, 4.69) is 62.1 Å². The SMILES string of the molecule is C[Si](C)(C)/C(=C/CCOC1CCCCO1)CCC1C[C@@H](OCc2ccccc2)C(COCc2ccccc2)O1. The molecular weight excluding hydrogens is 504 g/mol. The first kappa shape index (κ1) is 30.2. The number of ether oxygens (including phenoxy) is 5. The average Bonchev–Trinajstić information content (AvgIpc) is 3.34. The van der Waals surface area contributed by atoms with Gasteiger partial charge in [-0.05, 0) is 49.7 Å². The van der Waals surface area contributed by atoms with E-state index >= 15 is 0 Å². The fourth-order valence-electron chi connectivity index (χ4n) is 5.33. The van der Waals surface area contributed by atoms with Gasteiger partial charge in [-0.25, -0.2) is 0 Å². The molecule has 2 saturated heterocycles. The Morgan fingerprint density at radius 2 is 1.64 bits per heavy atom. The van der Waals surface area contributed by atoms with E-state index in [1.165, 1.54) is 17.5 Å². The molecule has 2 fully saturated rings. The molecule has 2 aromatic carbocycles. The first-order chi connectivity index (χ1) is 19.0. The summed E-state index contributed by atoms with van der Waals surface area (Å²) in [6, 6.07) is 20.7. The second-order valence-electron chi connectivity index (χ2n) is 11.8. The van der Waals surface area contributed by atoms with Gasteiger partial charge in [-0.15, -0.1) is 0 Å². The van der Waals surface area contributed by atoms with Crippen LogP contribution in [0.4, 0.5) is 0 Å². The molecule has 0 saturated carbocycles. The zero-order valence-electron chi connectivity index (χ0n) is 24.2. The summed E-state index contributed by atoms with van der Waals surface area (Å²) in [4.78, 5) is 0. The van der Waals surface area contributed by atoms with Crippen molar-refractivity contribution in [2.75, 3.05) is 19.8 Å². The van der Waals surface area contributed by atoms with Crippen LogP contribution in [0.2, 0.25) is 19.6 Å². The first-order valence-corrected chi connectivity index (χ1v) is 18.3. The zero-order valence-corrected chi connectivity index (χ0v) is 25.2. The summed E-state index contributed by atoms with van der Waals surface area (Å²) < 4.78 is 30.8. The Hall–Kier alpha value is -1.80. The fraction of sp³-hybridized carbons (Fsp3) is 0.576. The number of allylic oxidation sites excluding steroid dienone is 1. The maximum Gasteiger partial charge on any atom is 0.157 e. The van der Waals surface area contributed by atoms with Gasteiger partial charge in [0.2, 0.25) is 0 Å². The van der Waals surface area contributed by atoms with E-state index in [-0.39, 0.29) is 24.6 Å². The lowest BCUT2D eigenvalue weighted by Crippen LogP contribution is -2.29. The molecule has 0 amide bonds. The van der Waals surface area contributed by atoms with Crippen LogP contribution in [0.25, 0.3) is 0 Å². The largest absolute Gasteiger partial charge is 0.374 e. The van der Waals surface area contributed by atoms with Gasteiger partial charge in [-0.3, -0.25) is 0 Å². The lowest BCUT2D eigenvalue weighted by Gasteiger charge is -2.24. The van der Waals surface area contributed by atoms with E-state index in [4.69, 9.17) is 23.7 Å². The van der Waals surface area contributed by atoms with Crippen LogP contribution in [-0.2, 0) is 36.9 Å². The smallest absolute Gasteiger partial charge is 0.157 e. The molecular formula is C33H48O5Si. The third-order valence-corrected chi connectivity index (χ3v) is 10.0. The minimum absolute atomic E-state index is 0.0109. The summed E-state index contributed by atoms with van der Waals surface area (Å²) >= 11 is 0. The van der Waals surface area contributed by atoms with Gasteiger partial charge in [-0.1, -0.05) is 91.6 Å². The molecule has 0 aliphatic carbocycles. The average molecular weight is 553 g/mol. The number of hydrogen-bond acceptors (Lipinski definition) is 5. The third kappa shape index (κ3) is 10.6. The predicted molar refractivity (Wildman–Crippen MR) is 159 cm³/mol. The van der Waals surface area contributed by atoms with E-state index < -0.39 is 8.07 Å². The lowest BCUT2D eigenvalue weighted by molar-refractivity contribution is -0.161. The normalized spacial score (nSPS) is 24.2. The molecule has 6 heteroatoms. The highest BCUT2D eigenvalue weighted by atomic mass is 28.3. The summed E-state index contributed by atoms with van der Waals surface area (Å²) in [5.74, 6) is 0. The Balaban J connectivity index is 1.29. The Morgan fingerprint density at radius 1 is 0.923 bits per heavy atom. The van der Waals surface area contributed by atoms with Crippen molar-refractivity contribution in [1.29, 1.82) is 0 Å². The molecule has 0 bridgehead atoms. The molecule has 4 rings (SSSR count). The number of rotatable bonds is 15. The zero-order chi connectivity index (χ0) is 27.3. The van der Waals surface area contributed by atoms with E-state index in [1.807, 2.05) is 24.3 Å². The number of hydrogen-bond donors (Lipinski definition) is 0. The summed E-state index contributed by atoms with van der Waals surface area (Å²) in [7, 11) is -1.44. The second kappa shape index (κ2) is 15.8. The Labute approximate surface area is 236 Å². The molecule has 2 aromatic rings. The molecule has 214 valence electrons. The summed E-state index contributed by atoms with van der Waals surface area (Å²) in [6.45, 7) is 10.6. The number of benzene rings is 2. The Bertz CT molecular complexity index is 969. The summed E-state index contributed by atoms with van der Waals surface area (Å²) in [5.41, 5.74) is 2.37. The molecule has 2 aliphatic heterocycles. The maximum atomic E-state index is 6.57. The van der Waals surface area contributed by atoms with Crippen molar-refractivity contribution in [2.45, 2.75) is 102 Å². The van der Waals surface area contributed by atoms with Crippen molar-refractivity contribution >= 4 is 8.07 Å². The van der Waals surface area contributed by atoms with Crippen molar-refractivity contribution in [1.82, 2.24) is 0 Å². The van der Waals surface area contributed by atoms with E-state index in [0.29, 0.717) is 19.8 Å². The highest BCUT2D eigenvalue weighted by Crippen LogP contribution is 2.30. The molecule has 39 heavy (non-hydrogen) atoms. The van der Waals surface area contributed by atoms with Crippen LogP contribution in [0.15, 0.2) is 71.9 Å². The highest BCUT2D eigenvalue weighted by molar-refractivity contribution is 6.83. The van der Waals surface area contributed by atoms with Crippen LogP contribution in [0, 0.1) is 0 Å². The van der Waals surface area contributed by atoms with Crippen LogP contribution < -0.4 is 0 Å². The minimum atomic E-state index is -1.44.